The number of aromatic nitrogens is 3. The lowest BCUT2D eigenvalue weighted by atomic mass is 10.1. The molecule has 0 amide bonds. The van der Waals surface area contributed by atoms with Crippen LogP contribution in [-0.2, 0) is 11.3 Å². The van der Waals surface area contributed by atoms with Crippen LogP contribution in [0.5, 0.6) is 0 Å². The molecule has 0 N–H and O–H groups in total. The van der Waals surface area contributed by atoms with Crippen LogP contribution in [0.1, 0.15) is 42.4 Å². The Morgan fingerprint density at radius 3 is 2.76 bits per heavy atom. The van der Waals surface area contributed by atoms with E-state index in [4.69, 9.17) is 4.74 Å². The number of hydrogen-bond donors (Lipinski definition) is 0. The SMILES string of the molecule is COC(=O)c1nnn(CCCSC)c1C(C)C. The van der Waals surface area contributed by atoms with Crippen LogP contribution in [0.2, 0.25) is 0 Å². The van der Waals surface area contributed by atoms with Gasteiger partial charge in [0, 0.05) is 6.54 Å². The Morgan fingerprint density at radius 2 is 2.24 bits per heavy atom. The number of ether oxygens (including phenoxy) is 1. The molecule has 6 heteroatoms. The van der Waals surface area contributed by atoms with Gasteiger partial charge < -0.3 is 4.74 Å². The van der Waals surface area contributed by atoms with E-state index in [0.29, 0.717) is 5.69 Å². The first-order chi connectivity index (χ1) is 8.11. The van der Waals surface area contributed by atoms with Crippen LogP contribution < -0.4 is 0 Å². The maximum Gasteiger partial charge on any atom is 0.360 e. The third-order valence-electron chi connectivity index (χ3n) is 2.42. The normalized spacial score (nSPS) is 10.9. The van der Waals surface area contributed by atoms with Gasteiger partial charge in [-0.15, -0.1) is 5.10 Å². The molecule has 0 saturated heterocycles. The van der Waals surface area contributed by atoms with E-state index >= 15 is 0 Å². The highest BCUT2D eigenvalue weighted by Crippen LogP contribution is 2.18. The van der Waals surface area contributed by atoms with Gasteiger partial charge in [-0.3, -0.25) is 0 Å². The van der Waals surface area contributed by atoms with Crippen molar-refractivity contribution in [3.05, 3.63) is 11.4 Å². The molecule has 1 aromatic heterocycles. The van der Waals surface area contributed by atoms with Crippen LogP contribution in [0.4, 0.5) is 0 Å². The molecule has 0 radical (unpaired) electrons. The van der Waals surface area contributed by atoms with Crippen molar-refractivity contribution in [3.8, 4) is 0 Å². The average Bonchev–Trinajstić information content (AvgIpc) is 2.72. The molecule has 0 bridgehead atoms. The summed E-state index contributed by atoms with van der Waals surface area (Å²) in [7, 11) is 1.36. The maximum absolute atomic E-state index is 11.5. The summed E-state index contributed by atoms with van der Waals surface area (Å²) in [5, 5.41) is 7.95. The van der Waals surface area contributed by atoms with Gasteiger partial charge in [-0.2, -0.15) is 11.8 Å². The Hall–Kier alpha value is -1.04. The smallest absolute Gasteiger partial charge is 0.360 e. The number of carbonyl (C=O) groups is 1. The number of esters is 1. The summed E-state index contributed by atoms with van der Waals surface area (Å²) in [6.07, 6.45) is 3.09. The molecule has 0 aliphatic carbocycles. The van der Waals surface area contributed by atoms with Crippen LogP contribution in [0.3, 0.4) is 0 Å². The predicted octanol–water partition coefficient (Wildman–Crippen LogP) is 1.94. The quantitative estimate of drug-likeness (QED) is 0.576. The van der Waals surface area contributed by atoms with E-state index in [2.05, 4.69) is 16.6 Å². The van der Waals surface area contributed by atoms with Crippen LogP contribution in [0.25, 0.3) is 0 Å². The number of hydrogen-bond acceptors (Lipinski definition) is 5. The zero-order valence-corrected chi connectivity index (χ0v) is 11.6. The standard InChI is InChI=1S/C11H19N3O2S/c1-8(2)10-9(11(15)16-3)12-13-14(10)6-5-7-17-4/h8H,5-7H2,1-4H3. The summed E-state index contributed by atoms with van der Waals surface area (Å²) in [5.41, 5.74) is 1.20. The lowest BCUT2D eigenvalue weighted by Gasteiger charge is -2.09. The van der Waals surface area contributed by atoms with Crippen LogP contribution in [0.15, 0.2) is 0 Å². The van der Waals surface area contributed by atoms with E-state index in [1.165, 1.54) is 7.11 Å². The zero-order valence-electron chi connectivity index (χ0n) is 10.8. The maximum atomic E-state index is 11.5. The Morgan fingerprint density at radius 1 is 1.53 bits per heavy atom. The molecule has 1 heterocycles. The fraction of sp³-hybridized carbons (Fsp3) is 0.727. The molecule has 1 rings (SSSR count). The first-order valence-corrected chi connectivity index (χ1v) is 7.01. The summed E-state index contributed by atoms with van der Waals surface area (Å²) in [6, 6.07) is 0. The predicted molar refractivity (Wildman–Crippen MR) is 68.4 cm³/mol. The highest BCUT2D eigenvalue weighted by atomic mass is 32.2. The highest BCUT2D eigenvalue weighted by molar-refractivity contribution is 7.98. The van der Waals surface area contributed by atoms with Gasteiger partial charge in [0.2, 0.25) is 0 Å². The van der Waals surface area contributed by atoms with Crippen molar-refractivity contribution in [2.45, 2.75) is 32.7 Å². The molecule has 0 aliphatic heterocycles. The Labute approximate surface area is 106 Å². The summed E-state index contributed by atoms with van der Waals surface area (Å²) in [6.45, 7) is 4.84. The molecular formula is C11H19N3O2S. The number of methoxy groups -OCH3 is 1. The third-order valence-corrected chi connectivity index (χ3v) is 3.11. The largest absolute Gasteiger partial charge is 0.464 e. The number of thioether (sulfide) groups is 1. The van der Waals surface area contributed by atoms with Gasteiger partial charge >= 0.3 is 5.97 Å². The summed E-state index contributed by atoms with van der Waals surface area (Å²) in [5.74, 6) is 0.864. The monoisotopic (exact) mass is 257 g/mol. The molecule has 96 valence electrons. The molecule has 1 aromatic rings. The molecule has 17 heavy (non-hydrogen) atoms. The number of aryl methyl sites for hydroxylation is 1. The molecular weight excluding hydrogens is 238 g/mol. The van der Waals surface area contributed by atoms with Gasteiger partial charge in [-0.05, 0) is 24.3 Å². The second kappa shape index (κ2) is 6.64. The first-order valence-electron chi connectivity index (χ1n) is 5.62. The van der Waals surface area contributed by atoms with E-state index in [-0.39, 0.29) is 5.92 Å². The number of rotatable bonds is 6. The van der Waals surface area contributed by atoms with Crippen molar-refractivity contribution in [1.82, 2.24) is 15.0 Å². The lowest BCUT2D eigenvalue weighted by molar-refractivity contribution is 0.0592. The van der Waals surface area contributed by atoms with E-state index < -0.39 is 5.97 Å². The second-order valence-electron chi connectivity index (χ2n) is 4.04. The van der Waals surface area contributed by atoms with Gasteiger partial charge in [0.15, 0.2) is 5.69 Å². The van der Waals surface area contributed by atoms with E-state index in [1.54, 1.807) is 11.8 Å². The number of carbonyl (C=O) groups excluding carboxylic acids is 1. The third kappa shape index (κ3) is 3.46. The Bertz CT molecular complexity index is 377. The highest BCUT2D eigenvalue weighted by Gasteiger charge is 2.22. The minimum absolute atomic E-state index is 0.202. The van der Waals surface area contributed by atoms with Gasteiger partial charge in [-0.1, -0.05) is 19.1 Å². The number of nitrogens with zero attached hydrogens (tertiary/aromatic N) is 3. The van der Waals surface area contributed by atoms with Crippen molar-refractivity contribution >= 4 is 17.7 Å². The molecule has 0 saturated carbocycles. The Balaban J connectivity index is 2.90. The van der Waals surface area contributed by atoms with Gasteiger partial charge in [-0.25, -0.2) is 9.48 Å². The summed E-state index contributed by atoms with van der Waals surface area (Å²) in [4.78, 5) is 11.5. The Kier molecular flexibility index (Phi) is 5.47. The molecule has 5 nitrogen and oxygen atoms in total. The van der Waals surface area contributed by atoms with Gasteiger partial charge in [0.25, 0.3) is 0 Å². The fourth-order valence-electron chi connectivity index (χ4n) is 1.66. The molecule has 0 spiro atoms. The molecule has 0 unspecified atom stereocenters. The van der Waals surface area contributed by atoms with Crippen LogP contribution >= 0.6 is 11.8 Å². The minimum atomic E-state index is -0.412. The topological polar surface area (TPSA) is 57.0 Å². The fourth-order valence-corrected chi connectivity index (χ4v) is 2.08. The first kappa shape index (κ1) is 14.0. The van der Waals surface area contributed by atoms with Gasteiger partial charge in [0.05, 0.1) is 12.8 Å². The van der Waals surface area contributed by atoms with E-state index in [1.807, 2.05) is 18.5 Å². The van der Waals surface area contributed by atoms with Crippen molar-refractivity contribution < 1.29 is 9.53 Å². The van der Waals surface area contributed by atoms with E-state index in [0.717, 1.165) is 24.4 Å². The van der Waals surface area contributed by atoms with Crippen molar-refractivity contribution in [3.63, 3.8) is 0 Å². The second-order valence-corrected chi connectivity index (χ2v) is 5.02. The van der Waals surface area contributed by atoms with Crippen LogP contribution in [0, 0.1) is 0 Å². The average molecular weight is 257 g/mol. The molecule has 0 atom stereocenters. The minimum Gasteiger partial charge on any atom is -0.464 e. The molecule has 0 fully saturated rings. The summed E-state index contributed by atoms with van der Waals surface area (Å²) < 4.78 is 6.52. The summed E-state index contributed by atoms with van der Waals surface area (Å²) >= 11 is 1.80. The van der Waals surface area contributed by atoms with Crippen LogP contribution in [-0.4, -0.2) is 40.1 Å². The molecule has 0 aliphatic rings. The van der Waals surface area contributed by atoms with Crippen molar-refractivity contribution in [2.75, 3.05) is 19.1 Å². The van der Waals surface area contributed by atoms with Crippen molar-refractivity contribution in [2.24, 2.45) is 0 Å². The van der Waals surface area contributed by atoms with Gasteiger partial charge in [0.1, 0.15) is 0 Å². The van der Waals surface area contributed by atoms with Crippen molar-refractivity contribution in [1.29, 1.82) is 0 Å². The zero-order chi connectivity index (χ0) is 12.8. The van der Waals surface area contributed by atoms with E-state index in [9.17, 15) is 4.79 Å². The lowest BCUT2D eigenvalue weighted by Crippen LogP contribution is -2.11. The molecule has 0 aromatic carbocycles.